The zero-order valence-corrected chi connectivity index (χ0v) is 35.8. The van der Waals surface area contributed by atoms with Gasteiger partial charge >= 0.3 is 0 Å². The van der Waals surface area contributed by atoms with E-state index in [9.17, 15) is 35.4 Å². The molecule has 0 aromatic heterocycles. The predicted molar refractivity (Wildman–Crippen MR) is 227 cm³/mol. The summed E-state index contributed by atoms with van der Waals surface area (Å²) in [6.07, 6.45) is 32.6. The zero-order chi connectivity index (χ0) is 41.1. The van der Waals surface area contributed by atoms with Crippen LogP contribution in [0.5, 0.6) is 0 Å². The maximum Gasteiger partial charge on any atom is 0.249 e. The Bertz CT molecular complexity index is 948. The molecular formula is C46H87NO9. The van der Waals surface area contributed by atoms with Crippen LogP contribution in [0.3, 0.4) is 0 Å². The van der Waals surface area contributed by atoms with Gasteiger partial charge in [0.05, 0.1) is 25.4 Å². The van der Waals surface area contributed by atoms with E-state index in [0.717, 1.165) is 51.4 Å². The number of allylic oxidation sites excluding steroid dienone is 3. The molecule has 1 saturated heterocycles. The number of carbonyl (C=O) groups is 1. The van der Waals surface area contributed by atoms with Crippen molar-refractivity contribution < 1.29 is 44.9 Å². The summed E-state index contributed by atoms with van der Waals surface area (Å²) in [4.78, 5) is 13.0. The largest absolute Gasteiger partial charge is 0.394 e. The number of hydrogen-bond acceptors (Lipinski definition) is 9. The van der Waals surface area contributed by atoms with Crippen LogP contribution in [0.2, 0.25) is 0 Å². The molecule has 1 aliphatic heterocycles. The van der Waals surface area contributed by atoms with E-state index in [1.165, 1.54) is 122 Å². The first-order valence-electron chi connectivity index (χ1n) is 23.2. The summed E-state index contributed by atoms with van der Waals surface area (Å²) in [5.41, 5.74) is 0. The number of amides is 1. The maximum atomic E-state index is 13.0. The Kier molecular flexibility index (Phi) is 34.5. The second kappa shape index (κ2) is 36.7. The summed E-state index contributed by atoms with van der Waals surface area (Å²) in [7, 11) is 0. The molecule has 0 aliphatic carbocycles. The highest BCUT2D eigenvalue weighted by atomic mass is 16.7. The first-order valence-corrected chi connectivity index (χ1v) is 23.2. The van der Waals surface area contributed by atoms with Gasteiger partial charge in [0.15, 0.2) is 6.29 Å². The third-order valence-corrected chi connectivity index (χ3v) is 11.1. The summed E-state index contributed by atoms with van der Waals surface area (Å²) >= 11 is 0. The summed E-state index contributed by atoms with van der Waals surface area (Å²) in [5, 5.41) is 64.6. The Labute approximate surface area is 341 Å². The number of unbranched alkanes of at least 4 members (excludes halogenated alkanes) is 25. The molecular weight excluding hydrogens is 711 g/mol. The molecule has 0 bridgehead atoms. The van der Waals surface area contributed by atoms with Gasteiger partial charge in [0.1, 0.15) is 30.5 Å². The third-order valence-electron chi connectivity index (χ3n) is 11.1. The molecule has 56 heavy (non-hydrogen) atoms. The van der Waals surface area contributed by atoms with E-state index in [1.54, 1.807) is 6.08 Å². The van der Waals surface area contributed by atoms with E-state index in [0.29, 0.717) is 12.8 Å². The second-order valence-electron chi connectivity index (χ2n) is 16.3. The van der Waals surface area contributed by atoms with Gasteiger partial charge < -0.3 is 45.4 Å². The Hall–Kier alpha value is -1.37. The molecule has 10 heteroatoms. The molecule has 0 spiro atoms. The monoisotopic (exact) mass is 798 g/mol. The fourth-order valence-electron chi connectivity index (χ4n) is 7.27. The normalized spacial score (nSPS) is 21.9. The van der Waals surface area contributed by atoms with Crippen LogP contribution in [-0.2, 0) is 14.3 Å². The maximum absolute atomic E-state index is 13.0. The second-order valence-corrected chi connectivity index (χ2v) is 16.3. The summed E-state index contributed by atoms with van der Waals surface area (Å²) in [5.74, 6) is -0.625. The van der Waals surface area contributed by atoms with Gasteiger partial charge in [0, 0.05) is 0 Å². The molecule has 10 nitrogen and oxygen atoms in total. The minimum atomic E-state index is -1.61. The first-order chi connectivity index (χ1) is 27.3. The van der Waals surface area contributed by atoms with Crippen molar-refractivity contribution in [3.05, 3.63) is 24.3 Å². The van der Waals surface area contributed by atoms with Crippen molar-refractivity contribution in [2.45, 2.75) is 249 Å². The first kappa shape index (κ1) is 52.6. The molecule has 0 aromatic carbocycles. The van der Waals surface area contributed by atoms with Crippen LogP contribution in [0.25, 0.3) is 0 Å². The number of carbonyl (C=O) groups excluding carboxylic acids is 1. The van der Waals surface area contributed by atoms with Gasteiger partial charge in [0.2, 0.25) is 5.91 Å². The van der Waals surface area contributed by atoms with Crippen molar-refractivity contribution in [3.8, 4) is 0 Å². The minimum absolute atomic E-state index is 0.297. The lowest BCUT2D eigenvalue weighted by Crippen LogP contribution is -2.60. The van der Waals surface area contributed by atoms with E-state index in [-0.39, 0.29) is 6.61 Å². The molecule has 1 amide bonds. The van der Waals surface area contributed by atoms with Crippen LogP contribution in [0, 0.1) is 0 Å². The Morgan fingerprint density at radius 1 is 0.607 bits per heavy atom. The van der Waals surface area contributed by atoms with Gasteiger partial charge in [-0.25, -0.2) is 0 Å². The SMILES string of the molecule is CCCCCCCCCCC/C=C\CCCCCCC(O)C(=O)NC(COC1OC(CO)C(O)C(O)C1O)C(O)/C=C/CCCCCCCCCCCCCC. The van der Waals surface area contributed by atoms with E-state index >= 15 is 0 Å². The van der Waals surface area contributed by atoms with Crippen LogP contribution in [0.15, 0.2) is 24.3 Å². The van der Waals surface area contributed by atoms with E-state index < -0.39 is 61.5 Å². The highest BCUT2D eigenvalue weighted by Gasteiger charge is 2.44. The molecule has 1 fully saturated rings. The molecule has 0 aromatic rings. The van der Waals surface area contributed by atoms with Gasteiger partial charge in [-0.1, -0.05) is 179 Å². The highest BCUT2D eigenvalue weighted by molar-refractivity contribution is 5.80. The number of hydrogen-bond donors (Lipinski definition) is 7. The van der Waals surface area contributed by atoms with Crippen molar-refractivity contribution in [1.82, 2.24) is 5.32 Å². The van der Waals surface area contributed by atoms with Gasteiger partial charge in [-0.3, -0.25) is 4.79 Å². The number of ether oxygens (including phenoxy) is 2. The van der Waals surface area contributed by atoms with Gasteiger partial charge in [-0.15, -0.1) is 0 Å². The fourth-order valence-corrected chi connectivity index (χ4v) is 7.27. The van der Waals surface area contributed by atoms with Gasteiger partial charge in [0.25, 0.3) is 0 Å². The number of aliphatic hydroxyl groups is 6. The average molecular weight is 798 g/mol. The highest BCUT2D eigenvalue weighted by Crippen LogP contribution is 2.23. The Morgan fingerprint density at radius 3 is 1.50 bits per heavy atom. The molecule has 8 atom stereocenters. The average Bonchev–Trinajstić information content (AvgIpc) is 3.20. The molecule has 1 aliphatic rings. The fraction of sp³-hybridized carbons (Fsp3) is 0.891. The molecule has 0 saturated carbocycles. The lowest BCUT2D eigenvalue weighted by molar-refractivity contribution is -0.302. The van der Waals surface area contributed by atoms with Gasteiger partial charge in [-0.2, -0.15) is 0 Å². The number of nitrogens with one attached hydrogen (secondary N) is 1. The zero-order valence-electron chi connectivity index (χ0n) is 35.8. The van der Waals surface area contributed by atoms with Crippen molar-refractivity contribution in [2.75, 3.05) is 13.2 Å². The molecule has 330 valence electrons. The number of rotatable bonds is 38. The lowest BCUT2D eigenvalue weighted by atomic mass is 9.99. The molecule has 1 rings (SSSR count). The third kappa shape index (κ3) is 26.6. The topological polar surface area (TPSA) is 169 Å². The van der Waals surface area contributed by atoms with Crippen LogP contribution in [0.4, 0.5) is 0 Å². The van der Waals surface area contributed by atoms with Crippen LogP contribution in [-0.4, -0.2) is 98.7 Å². The molecule has 0 radical (unpaired) electrons. The van der Waals surface area contributed by atoms with E-state index in [4.69, 9.17) is 9.47 Å². The molecule has 1 heterocycles. The van der Waals surface area contributed by atoms with Crippen LogP contribution >= 0.6 is 0 Å². The van der Waals surface area contributed by atoms with Crippen molar-refractivity contribution >= 4 is 5.91 Å². The predicted octanol–water partition coefficient (Wildman–Crippen LogP) is 8.47. The smallest absolute Gasteiger partial charge is 0.249 e. The van der Waals surface area contributed by atoms with Crippen molar-refractivity contribution in [3.63, 3.8) is 0 Å². The Morgan fingerprint density at radius 2 is 1.04 bits per heavy atom. The van der Waals surface area contributed by atoms with Gasteiger partial charge in [-0.05, 0) is 44.9 Å². The van der Waals surface area contributed by atoms with Crippen molar-refractivity contribution in [1.29, 1.82) is 0 Å². The summed E-state index contributed by atoms with van der Waals surface area (Å²) in [6, 6.07) is -0.981. The van der Waals surface area contributed by atoms with Crippen molar-refractivity contribution in [2.24, 2.45) is 0 Å². The lowest BCUT2D eigenvalue weighted by Gasteiger charge is -2.40. The molecule has 8 unspecified atom stereocenters. The molecule has 7 N–H and O–H groups in total. The Balaban J connectivity index is 2.43. The van der Waals surface area contributed by atoms with Crippen LogP contribution in [0.1, 0.15) is 200 Å². The quantitative estimate of drug-likeness (QED) is 0.0239. The minimum Gasteiger partial charge on any atom is -0.394 e. The summed E-state index contributed by atoms with van der Waals surface area (Å²) in [6.45, 7) is 3.60. The van der Waals surface area contributed by atoms with E-state index in [2.05, 4.69) is 31.3 Å². The van der Waals surface area contributed by atoms with Crippen LogP contribution < -0.4 is 5.32 Å². The number of aliphatic hydroxyl groups excluding tert-OH is 6. The summed E-state index contributed by atoms with van der Waals surface area (Å²) < 4.78 is 11.1. The standard InChI is InChI=1S/C46H87NO9/c1-3-5-7-9-11-13-15-17-19-20-21-23-25-27-29-31-33-35-40(50)45(54)47-38(37-55-46-44(53)43(52)42(51)41(36-48)56-46)39(49)34-32-30-28-26-24-22-18-16-14-12-10-8-6-4-2/h21,23,32,34,38-44,46,48-53H,3-20,22,24-31,33,35-37H2,1-2H3,(H,47,54)/b23-21-,34-32+. The van der Waals surface area contributed by atoms with E-state index in [1.807, 2.05) is 6.08 Å².